The number of aromatic nitrogens is 4. The van der Waals surface area contributed by atoms with Crippen molar-refractivity contribution in [1.82, 2.24) is 30.0 Å². The Bertz CT molecular complexity index is 1660. The van der Waals surface area contributed by atoms with Crippen molar-refractivity contribution >= 4 is 28.1 Å². The molecule has 0 radical (unpaired) electrons. The fourth-order valence-corrected chi connectivity index (χ4v) is 5.44. The molecule has 6 rings (SSSR count). The number of carbonyl (C=O) groups is 1. The number of hydrogen-bond donors (Lipinski definition) is 4. The number of nitrogens with one attached hydrogen (secondary N) is 2. The van der Waals surface area contributed by atoms with Crippen LogP contribution in [0.3, 0.4) is 0 Å². The molecular weight excluding hydrogens is 490 g/mol. The predicted octanol–water partition coefficient (Wildman–Crippen LogP) is 3.53. The van der Waals surface area contributed by atoms with Crippen molar-refractivity contribution < 1.29 is 9.90 Å². The van der Waals surface area contributed by atoms with Gasteiger partial charge in [0.15, 0.2) is 0 Å². The highest BCUT2D eigenvalue weighted by molar-refractivity contribution is 5.91. The number of anilines is 1. The Morgan fingerprint density at radius 1 is 1.08 bits per heavy atom. The molecule has 1 amide bonds. The maximum Gasteiger partial charge on any atom is 0.216 e. The Hall–Kier alpha value is -4.34. The average Bonchev–Trinajstić information content (AvgIpc) is 3.32. The van der Waals surface area contributed by atoms with E-state index >= 15 is 0 Å². The molecule has 3 heterocycles. The Morgan fingerprint density at radius 2 is 1.87 bits per heavy atom. The second kappa shape index (κ2) is 10.1. The lowest BCUT2D eigenvalue weighted by molar-refractivity contribution is -0.118. The number of hydrogen-bond acceptors (Lipinski definition) is 7. The van der Waals surface area contributed by atoms with E-state index in [2.05, 4.69) is 45.9 Å². The zero-order chi connectivity index (χ0) is 27.0. The molecule has 0 saturated heterocycles. The van der Waals surface area contributed by atoms with Gasteiger partial charge in [-0.15, -0.1) is 0 Å². The van der Waals surface area contributed by atoms with Gasteiger partial charge in [-0.3, -0.25) is 9.20 Å². The molecule has 0 spiro atoms. The lowest BCUT2D eigenvalue weighted by Crippen LogP contribution is -2.51. The highest BCUT2D eigenvalue weighted by Crippen LogP contribution is 2.45. The molecule has 1 saturated carbocycles. The van der Waals surface area contributed by atoms with Crippen LogP contribution in [-0.2, 0) is 4.79 Å². The molecule has 0 bridgehead atoms. The van der Waals surface area contributed by atoms with Gasteiger partial charge < -0.3 is 21.5 Å². The van der Waals surface area contributed by atoms with Gasteiger partial charge in [0.2, 0.25) is 5.91 Å². The first-order valence-electron chi connectivity index (χ1n) is 13.2. The maximum absolute atomic E-state index is 11.0. The van der Waals surface area contributed by atoms with Crippen molar-refractivity contribution in [2.24, 2.45) is 0 Å². The van der Waals surface area contributed by atoms with Crippen LogP contribution in [0, 0.1) is 0 Å². The van der Waals surface area contributed by atoms with Crippen molar-refractivity contribution in [2.45, 2.75) is 31.3 Å². The summed E-state index contributed by atoms with van der Waals surface area (Å²) < 4.78 is 2.00. The molecule has 1 aliphatic rings. The predicted molar refractivity (Wildman–Crippen MR) is 152 cm³/mol. The standard InChI is InChI=1S/C30H31N7O2/c1-19(38)33-12-11-32-18-30(39)16-23(17-30)29-36-26(27-28(31)34-13-14-37(27)29)22-8-7-21-9-10-24(35-25(21)15-22)20-5-3-2-4-6-20/h2-10,13-15,23,32,39H,11-12,16-18H2,1H3,(H2,31,34)(H,33,38)/t23-,30+. The van der Waals surface area contributed by atoms with Crippen LogP contribution < -0.4 is 16.4 Å². The number of aliphatic hydroxyl groups is 1. The summed E-state index contributed by atoms with van der Waals surface area (Å²) >= 11 is 0. The van der Waals surface area contributed by atoms with Gasteiger partial charge in [0, 0.05) is 61.4 Å². The van der Waals surface area contributed by atoms with Crippen LogP contribution >= 0.6 is 0 Å². The number of nitrogen functional groups attached to an aromatic ring is 1. The molecule has 5 aromatic rings. The zero-order valence-electron chi connectivity index (χ0n) is 21.8. The highest BCUT2D eigenvalue weighted by atomic mass is 16.3. The van der Waals surface area contributed by atoms with Gasteiger partial charge in [-0.1, -0.05) is 48.5 Å². The zero-order valence-corrected chi connectivity index (χ0v) is 21.8. The fourth-order valence-electron chi connectivity index (χ4n) is 5.44. The molecule has 1 fully saturated rings. The highest BCUT2D eigenvalue weighted by Gasteiger charge is 2.45. The quantitative estimate of drug-likeness (QED) is 0.230. The second-order valence-corrected chi connectivity index (χ2v) is 10.3. The summed E-state index contributed by atoms with van der Waals surface area (Å²) in [5, 5.41) is 18.0. The number of nitrogens with two attached hydrogens (primary N) is 1. The SMILES string of the molecule is CC(=O)NCCNC[C@]1(O)C[C@@H](c2nc(-c3ccc4ccc(-c5ccccc5)nc4c3)c3c(N)nccn32)C1. The van der Waals surface area contributed by atoms with Gasteiger partial charge >= 0.3 is 0 Å². The number of carbonyl (C=O) groups excluding carboxylic acids is 1. The normalized spacial score (nSPS) is 18.8. The van der Waals surface area contributed by atoms with Gasteiger partial charge in [0.1, 0.15) is 22.9 Å². The second-order valence-electron chi connectivity index (χ2n) is 10.3. The summed E-state index contributed by atoms with van der Waals surface area (Å²) in [6.07, 6.45) is 4.73. The average molecular weight is 522 g/mol. The number of amides is 1. The van der Waals surface area contributed by atoms with E-state index in [1.54, 1.807) is 6.20 Å². The van der Waals surface area contributed by atoms with Crippen LogP contribution in [0.5, 0.6) is 0 Å². The van der Waals surface area contributed by atoms with E-state index in [4.69, 9.17) is 15.7 Å². The minimum absolute atomic E-state index is 0.0613. The number of fused-ring (bicyclic) bond motifs is 2. The van der Waals surface area contributed by atoms with E-state index in [1.807, 2.05) is 40.9 Å². The smallest absolute Gasteiger partial charge is 0.216 e. The lowest BCUT2D eigenvalue weighted by atomic mass is 9.70. The topological polar surface area (TPSA) is 130 Å². The Morgan fingerprint density at radius 3 is 2.67 bits per heavy atom. The first-order valence-corrected chi connectivity index (χ1v) is 13.2. The third-order valence-corrected chi connectivity index (χ3v) is 7.39. The molecular formula is C30H31N7O2. The third-order valence-electron chi connectivity index (χ3n) is 7.39. The van der Waals surface area contributed by atoms with E-state index in [-0.39, 0.29) is 11.8 Å². The van der Waals surface area contributed by atoms with Crippen LogP contribution in [0.1, 0.15) is 31.5 Å². The molecule has 2 aromatic carbocycles. The summed E-state index contributed by atoms with van der Waals surface area (Å²) in [7, 11) is 0. The van der Waals surface area contributed by atoms with Gasteiger partial charge in [-0.25, -0.2) is 15.0 Å². The van der Waals surface area contributed by atoms with E-state index in [1.165, 1.54) is 6.92 Å². The monoisotopic (exact) mass is 521 g/mol. The largest absolute Gasteiger partial charge is 0.389 e. The Kier molecular flexibility index (Phi) is 6.46. The third kappa shape index (κ3) is 4.94. The molecule has 9 nitrogen and oxygen atoms in total. The van der Waals surface area contributed by atoms with Gasteiger partial charge in [0.05, 0.1) is 16.8 Å². The molecule has 198 valence electrons. The van der Waals surface area contributed by atoms with E-state index in [0.29, 0.717) is 38.3 Å². The Balaban J connectivity index is 1.28. The molecule has 3 aromatic heterocycles. The summed E-state index contributed by atoms with van der Waals surface area (Å²) in [4.78, 5) is 25.4. The number of pyridine rings is 1. The minimum atomic E-state index is -0.813. The van der Waals surface area contributed by atoms with E-state index in [9.17, 15) is 9.90 Å². The molecule has 1 aliphatic carbocycles. The number of nitrogens with zero attached hydrogens (tertiary/aromatic N) is 4. The first kappa shape index (κ1) is 25.0. The number of rotatable bonds is 8. The summed E-state index contributed by atoms with van der Waals surface area (Å²) in [5.41, 5.74) is 10.8. The number of benzene rings is 2. The van der Waals surface area contributed by atoms with Crippen molar-refractivity contribution in [2.75, 3.05) is 25.4 Å². The molecule has 0 aliphatic heterocycles. The van der Waals surface area contributed by atoms with Crippen LogP contribution in [0.2, 0.25) is 0 Å². The molecule has 0 unspecified atom stereocenters. The molecule has 9 heteroatoms. The number of imidazole rings is 1. The lowest BCUT2D eigenvalue weighted by Gasteiger charge is -2.43. The first-order chi connectivity index (χ1) is 18.9. The van der Waals surface area contributed by atoms with Crippen molar-refractivity contribution in [1.29, 1.82) is 0 Å². The van der Waals surface area contributed by atoms with E-state index in [0.717, 1.165) is 44.8 Å². The van der Waals surface area contributed by atoms with Crippen LogP contribution in [-0.4, -0.2) is 55.6 Å². The van der Waals surface area contributed by atoms with Gasteiger partial charge in [-0.2, -0.15) is 0 Å². The van der Waals surface area contributed by atoms with Crippen LogP contribution in [0.15, 0.2) is 73.1 Å². The van der Waals surface area contributed by atoms with Crippen molar-refractivity contribution in [3.63, 3.8) is 0 Å². The fraction of sp³-hybridized carbons (Fsp3) is 0.267. The van der Waals surface area contributed by atoms with Crippen LogP contribution in [0.4, 0.5) is 5.82 Å². The summed E-state index contributed by atoms with van der Waals surface area (Å²) in [6.45, 7) is 3.09. The summed E-state index contributed by atoms with van der Waals surface area (Å²) in [5.74, 6) is 1.29. The maximum atomic E-state index is 11.0. The van der Waals surface area contributed by atoms with Crippen molar-refractivity contribution in [3.8, 4) is 22.5 Å². The van der Waals surface area contributed by atoms with Crippen molar-refractivity contribution in [3.05, 3.63) is 78.9 Å². The minimum Gasteiger partial charge on any atom is -0.389 e. The van der Waals surface area contributed by atoms with E-state index < -0.39 is 5.60 Å². The molecule has 0 atom stereocenters. The van der Waals surface area contributed by atoms with Crippen LogP contribution in [0.25, 0.3) is 38.9 Å². The summed E-state index contributed by atoms with van der Waals surface area (Å²) in [6, 6.07) is 20.4. The van der Waals surface area contributed by atoms with Gasteiger partial charge in [0.25, 0.3) is 0 Å². The van der Waals surface area contributed by atoms with Gasteiger partial charge in [-0.05, 0) is 25.0 Å². The molecule has 5 N–H and O–H groups in total. The Labute approximate surface area is 226 Å². The molecule has 39 heavy (non-hydrogen) atoms.